The highest BCUT2D eigenvalue weighted by Gasteiger charge is 2.14. The van der Waals surface area contributed by atoms with Crippen LogP contribution in [0.3, 0.4) is 0 Å². The second kappa shape index (κ2) is 8.10. The monoisotopic (exact) mass is 400 g/mol. The van der Waals surface area contributed by atoms with Gasteiger partial charge in [-0.05, 0) is 66.7 Å². The molecule has 2 N–H and O–H groups in total. The number of aromatic hydroxyl groups is 1. The number of phenols is 1. The summed E-state index contributed by atoms with van der Waals surface area (Å²) in [6, 6.07) is 15.7. The SMILES string of the molecule is COc1ccc(O)c(C=Nc2ccc(NS(=O)(=O)c3ccc(F)cc3)cc2)c1. The molecule has 0 saturated heterocycles. The number of hydrogen-bond acceptors (Lipinski definition) is 5. The van der Waals surface area contributed by atoms with Gasteiger partial charge in [0, 0.05) is 17.5 Å². The third-order valence-electron chi connectivity index (χ3n) is 3.83. The molecule has 0 aromatic heterocycles. The van der Waals surface area contributed by atoms with Crippen molar-refractivity contribution in [2.24, 2.45) is 4.99 Å². The number of phenolic OH excluding ortho intramolecular Hbond substituents is 1. The van der Waals surface area contributed by atoms with Crippen LogP contribution < -0.4 is 9.46 Å². The van der Waals surface area contributed by atoms with E-state index in [1.165, 1.54) is 31.5 Å². The number of hydrogen-bond donors (Lipinski definition) is 2. The second-order valence-electron chi connectivity index (χ2n) is 5.79. The predicted molar refractivity (Wildman–Crippen MR) is 106 cm³/mol. The molecule has 0 amide bonds. The molecule has 3 aromatic rings. The van der Waals surface area contributed by atoms with Gasteiger partial charge in [-0.15, -0.1) is 0 Å². The van der Waals surface area contributed by atoms with Crippen molar-refractivity contribution in [3.63, 3.8) is 0 Å². The Balaban J connectivity index is 1.74. The zero-order valence-corrected chi connectivity index (χ0v) is 15.7. The standard InChI is InChI=1S/C20H17FN2O4S/c1-27-18-8-11-20(24)14(12-18)13-22-16-4-6-17(7-5-16)23-28(25,26)19-9-2-15(21)3-10-19/h2-13,23-24H,1H3. The average Bonchev–Trinajstić information content (AvgIpc) is 2.68. The number of halogens is 1. The van der Waals surface area contributed by atoms with E-state index in [4.69, 9.17) is 4.74 Å². The number of methoxy groups -OCH3 is 1. The van der Waals surface area contributed by atoms with Crippen LogP contribution in [-0.4, -0.2) is 26.8 Å². The van der Waals surface area contributed by atoms with Crippen LogP contribution in [0.4, 0.5) is 15.8 Å². The lowest BCUT2D eigenvalue weighted by atomic mass is 10.2. The Kier molecular flexibility index (Phi) is 5.60. The fraction of sp³-hybridized carbons (Fsp3) is 0.0500. The maximum Gasteiger partial charge on any atom is 0.261 e. The summed E-state index contributed by atoms with van der Waals surface area (Å²) in [5.41, 5.74) is 1.39. The fourth-order valence-electron chi connectivity index (χ4n) is 2.35. The molecule has 0 unspecified atom stereocenters. The molecule has 0 heterocycles. The molecule has 0 atom stereocenters. The van der Waals surface area contributed by atoms with E-state index in [1.807, 2.05) is 0 Å². The Morgan fingerprint density at radius 1 is 1.04 bits per heavy atom. The van der Waals surface area contributed by atoms with E-state index < -0.39 is 15.8 Å². The zero-order chi connectivity index (χ0) is 20.1. The van der Waals surface area contributed by atoms with Crippen LogP contribution in [0.5, 0.6) is 11.5 Å². The number of nitrogens with zero attached hydrogens (tertiary/aromatic N) is 1. The Bertz CT molecular complexity index is 1100. The van der Waals surface area contributed by atoms with Crippen molar-refractivity contribution in [2.75, 3.05) is 11.8 Å². The minimum Gasteiger partial charge on any atom is -0.507 e. The summed E-state index contributed by atoms with van der Waals surface area (Å²) < 4.78 is 45.1. The Labute approximate surface area is 162 Å². The van der Waals surface area contributed by atoms with E-state index in [0.29, 0.717) is 22.7 Å². The summed E-state index contributed by atoms with van der Waals surface area (Å²) >= 11 is 0. The normalized spacial score (nSPS) is 11.5. The van der Waals surface area contributed by atoms with E-state index >= 15 is 0 Å². The molecule has 0 fully saturated rings. The summed E-state index contributed by atoms with van der Waals surface area (Å²) in [5.74, 6) is 0.140. The minimum atomic E-state index is -3.81. The maximum absolute atomic E-state index is 13.0. The molecule has 8 heteroatoms. The molecule has 0 aliphatic carbocycles. The van der Waals surface area contributed by atoms with Crippen LogP contribution in [0, 0.1) is 5.82 Å². The van der Waals surface area contributed by atoms with Gasteiger partial charge in [-0.25, -0.2) is 12.8 Å². The van der Waals surface area contributed by atoms with Gasteiger partial charge in [-0.3, -0.25) is 9.71 Å². The van der Waals surface area contributed by atoms with Gasteiger partial charge >= 0.3 is 0 Å². The predicted octanol–water partition coefficient (Wildman–Crippen LogP) is 4.09. The topological polar surface area (TPSA) is 88.0 Å². The van der Waals surface area contributed by atoms with Gasteiger partial charge in [0.25, 0.3) is 10.0 Å². The number of benzene rings is 3. The highest BCUT2D eigenvalue weighted by atomic mass is 32.2. The summed E-state index contributed by atoms with van der Waals surface area (Å²) in [7, 11) is -2.29. The van der Waals surface area contributed by atoms with Crippen molar-refractivity contribution in [1.29, 1.82) is 0 Å². The van der Waals surface area contributed by atoms with Crippen LogP contribution >= 0.6 is 0 Å². The van der Waals surface area contributed by atoms with Crippen molar-refractivity contribution >= 4 is 27.6 Å². The van der Waals surface area contributed by atoms with Gasteiger partial charge < -0.3 is 9.84 Å². The summed E-state index contributed by atoms with van der Waals surface area (Å²) in [6.45, 7) is 0. The quantitative estimate of drug-likeness (QED) is 0.610. The first-order valence-electron chi connectivity index (χ1n) is 8.17. The molecule has 0 saturated carbocycles. The highest BCUT2D eigenvalue weighted by Crippen LogP contribution is 2.23. The van der Waals surface area contributed by atoms with Gasteiger partial charge in [0.05, 0.1) is 17.7 Å². The van der Waals surface area contributed by atoms with Crippen LogP contribution in [0.2, 0.25) is 0 Å². The van der Waals surface area contributed by atoms with Crippen LogP contribution in [0.1, 0.15) is 5.56 Å². The molecule has 3 aromatic carbocycles. The Hall–Kier alpha value is -3.39. The van der Waals surface area contributed by atoms with E-state index in [-0.39, 0.29) is 10.6 Å². The minimum absolute atomic E-state index is 0.0375. The average molecular weight is 400 g/mol. The van der Waals surface area contributed by atoms with E-state index in [9.17, 15) is 17.9 Å². The first-order valence-corrected chi connectivity index (χ1v) is 9.65. The molecule has 28 heavy (non-hydrogen) atoms. The lowest BCUT2D eigenvalue weighted by molar-refractivity contribution is 0.412. The molecular formula is C20H17FN2O4S. The van der Waals surface area contributed by atoms with Crippen molar-refractivity contribution < 1.29 is 22.7 Å². The van der Waals surface area contributed by atoms with Crippen LogP contribution in [0.15, 0.2) is 76.6 Å². The van der Waals surface area contributed by atoms with Gasteiger partial charge in [0.15, 0.2) is 0 Å². The number of aliphatic imine (C=N–C) groups is 1. The summed E-state index contributed by atoms with van der Waals surface area (Å²) in [4.78, 5) is 4.22. The fourth-order valence-corrected chi connectivity index (χ4v) is 3.41. The van der Waals surface area contributed by atoms with Crippen molar-refractivity contribution in [1.82, 2.24) is 0 Å². The van der Waals surface area contributed by atoms with E-state index in [0.717, 1.165) is 12.1 Å². The molecule has 0 aliphatic heterocycles. The molecule has 0 bridgehead atoms. The first-order chi connectivity index (χ1) is 13.4. The molecule has 3 rings (SSSR count). The largest absolute Gasteiger partial charge is 0.507 e. The van der Waals surface area contributed by atoms with Gasteiger partial charge in [0.1, 0.15) is 17.3 Å². The van der Waals surface area contributed by atoms with E-state index in [2.05, 4.69) is 9.71 Å². The Morgan fingerprint density at radius 2 is 1.71 bits per heavy atom. The summed E-state index contributed by atoms with van der Waals surface area (Å²) in [6.07, 6.45) is 1.48. The maximum atomic E-state index is 13.0. The third kappa shape index (κ3) is 4.66. The molecule has 144 valence electrons. The lowest BCUT2D eigenvalue weighted by Crippen LogP contribution is -2.12. The lowest BCUT2D eigenvalue weighted by Gasteiger charge is -2.08. The van der Waals surface area contributed by atoms with E-state index in [1.54, 1.807) is 36.4 Å². The van der Waals surface area contributed by atoms with Crippen LogP contribution in [0.25, 0.3) is 0 Å². The molecule has 0 spiro atoms. The number of nitrogens with one attached hydrogen (secondary N) is 1. The molecular weight excluding hydrogens is 383 g/mol. The van der Waals surface area contributed by atoms with Gasteiger partial charge in [0.2, 0.25) is 0 Å². The molecule has 0 radical (unpaired) electrons. The van der Waals surface area contributed by atoms with Crippen molar-refractivity contribution in [3.05, 3.63) is 78.1 Å². The van der Waals surface area contributed by atoms with Crippen molar-refractivity contribution in [3.8, 4) is 11.5 Å². The Morgan fingerprint density at radius 3 is 2.36 bits per heavy atom. The van der Waals surface area contributed by atoms with Crippen molar-refractivity contribution in [2.45, 2.75) is 4.90 Å². The number of sulfonamides is 1. The number of rotatable bonds is 6. The number of anilines is 1. The van der Waals surface area contributed by atoms with Gasteiger partial charge in [-0.2, -0.15) is 0 Å². The number of ether oxygens (including phenoxy) is 1. The third-order valence-corrected chi connectivity index (χ3v) is 5.23. The molecule has 6 nitrogen and oxygen atoms in total. The van der Waals surface area contributed by atoms with Gasteiger partial charge in [-0.1, -0.05) is 0 Å². The first kappa shape index (κ1) is 19.4. The van der Waals surface area contributed by atoms with Crippen LogP contribution in [-0.2, 0) is 10.0 Å². The summed E-state index contributed by atoms with van der Waals surface area (Å²) in [5, 5.41) is 9.86. The highest BCUT2D eigenvalue weighted by molar-refractivity contribution is 7.92. The molecule has 0 aliphatic rings. The smallest absolute Gasteiger partial charge is 0.261 e. The zero-order valence-electron chi connectivity index (χ0n) is 14.8. The second-order valence-corrected chi connectivity index (χ2v) is 7.47.